The van der Waals surface area contributed by atoms with Crippen molar-refractivity contribution in [2.24, 2.45) is 0 Å². The Labute approximate surface area is 170 Å². The molecule has 7 heteroatoms. The summed E-state index contributed by atoms with van der Waals surface area (Å²) in [7, 11) is 3.33. The van der Waals surface area contributed by atoms with Gasteiger partial charge in [-0.05, 0) is 25.1 Å². The van der Waals surface area contributed by atoms with E-state index in [-0.39, 0.29) is 29.7 Å². The van der Waals surface area contributed by atoms with Crippen LogP contribution in [0.25, 0.3) is 0 Å². The number of carbonyl (C=O) groups is 3. The SMILES string of the molecule is COC(=O)c1c(CC(=O)N2CCN(C)CC2c2ccccc2)[nH]c(C(C)=O)c1C. The quantitative estimate of drug-likeness (QED) is 0.619. The number of H-pyrrole nitrogens is 1. The van der Waals surface area contributed by atoms with Gasteiger partial charge in [0.25, 0.3) is 0 Å². The van der Waals surface area contributed by atoms with Crippen LogP contribution in [0.1, 0.15) is 50.6 Å². The lowest BCUT2D eigenvalue weighted by Gasteiger charge is -2.40. The zero-order chi connectivity index (χ0) is 21.1. The van der Waals surface area contributed by atoms with Gasteiger partial charge in [0.05, 0.1) is 30.8 Å². The number of amides is 1. The number of ether oxygens (including phenoxy) is 1. The molecule has 1 amide bonds. The predicted molar refractivity (Wildman–Crippen MR) is 109 cm³/mol. The predicted octanol–water partition coefficient (Wildman–Crippen LogP) is 2.37. The summed E-state index contributed by atoms with van der Waals surface area (Å²) in [6.45, 7) is 5.23. The van der Waals surface area contributed by atoms with E-state index >= 15 is 0 Å². The lowest BCUT2D eigenvalue weighted by Crippen LogP contribution is -2.49. The molecule has 0 saturated carbocycles. The Balaban J connectivity index is 1.91. The van der Waals surface area contributed by atoms with Crippen molar-refractivity contribution in [1.82, 2.24) is 14.8 Å². The second-order valence-electron chi connectivity index (χ2n) is 7.48. The highest BCUT2D eigenvalue weighted by Gasteiger charge is 2.32. The largest absolute Gasteiger partial charge is 0.465 e. The average molecular weight is 397 g/mol. The van der Waals surface area contributed by atoms with Crippen molar-refractivity contribution in [1.29, 1.82) is 0 Å². The molecule has 2 aromatic rings. The lowest BCUT2D eigenvalue weighted by molar-refractivity contribution is -0.135. The number of likely N-dealkylation sites (N-methyl/N-ethyl adjacent to an activating group) is 1. The van der Waals surface area contributed by atoms with Gasteiger partial charge < -0.3 is 19.5 Å². The van der Waals surface area contributed by atoms with Crippen LogP contribution >= 0.6 is 0 Å². The third-order valence-corrected chi connectivity index (χ3v) is 5.49. The third kappa shape index (κ3) is 4.24. The maximum absolute atomic E-state index is 13.3. The number of hydrogen-bond acceptors (Lipinski definition) is 5. The normalized spacial score (nSPS) is 17.2. The summed E-state index contributed by atoms with van der Waals surface area (Å²) in [4.78, 5) is 44.5. The van der Waals surface area contributed by atoms with Gasteiger partial charge in [0.1, 0.15) is 0 Å². The number of methoxy groups -OCH3 is 1. The van der Waals surface area contributed by atoms with E-state index in [0.717, 1.165) is 18.7 Å². The summed E-state index contributed by atoms with van der Waals surface area (Å²) in [6, 6.07) is 9.88. The Bertz CT molecular complexity index is 920. The summed E-state index contributed by atoms with van der Waals surface area (Å²) < 4.78 is 4.88. The van der Waals surface area contributed by atoms with E-state index in [4.69, 9.17) is 4.74 Å². The Morgan fingerprint density at radius 1 is 1.17 bits per heavy atom. The number of Topliss-reactive ketones (excluding diaryl/α,β-unsaturated/α-hetero) is 1. The zero-order valence-electron chi connectivity index (χ0n) is 17.3. The molecule has 0 spiro atoms. The van der Waals surface area contributed by atoms with Gasteiger partial charge in [-0.1, -0.05) is 30.3 Å². The van der Waals surface area contributed by atoms with Crippen LogP contribution in [0.3, 0.4) is 0 Å². The molecule has 1 fully saturated rings. The van der Waals surface area contributed by atoms with Crippen LogP contribution in [0.2, 0.25) is 0 Å². The Hall–Kier alpha value is -2.93. The number of aromatic nitrogens is 1. The van der Waals surface area contributed by atoms with E-state index in [1.54, 1.807) is 6.92 Å². The molecule has 3 rings (SSSR count). The first-order valence-electron chi connectivity index (χ1n) is 9.67. The lowest BCUT2D eigenvalue weighted by atomic mass is 10.0. The van der Waals surface area contributed by atoms with E-state index in [9.17, 15) is 14.4 Å². The number of hydrogen-bond donors (Lipinski definition) is 1. The molecule has 0 aliphatic carbocycles. The van der Waals surface area contributed by atoms with Crippen LogP contribution < -0.4 is 0 Å². The maximum atomic E-state index is 13.3. The molecule has 154 valence electrons. The number of nitrogens with one attached hydrogen (secondary N) is 1. The monoisotopic (exact) mass is 397 g/mol. The van der Waals surface area contributed by atoms with E-state index in [1.807, 2.05) is 42.3 Å². The first kappa shape index (κ1) is 20.8. The minimum absolute atomic E-state index is 0.00556. The van der Waals surface area contributed by atoms with Crippen LogP contribution in [0.4, 0.5) is 0 Å². The van der Waals surface area contributed by atoms with E-state index in [0.29, 0.717) is 23.5 Å². The Morgan fingerprint density at radius 3 is 2.48 bits per heavy atom. The number of ketones is 1. The van der Waals surface area contributed by atoms with Crippen LogP contribution in [-0.4, -0.2) is 66.2 Å². The Kier molecular flexibility index (Phi) is 6.17. The third-order valence-electron chi connectivity index (χ3n) is 5.49. The van der Waals surface area contributed by atoms with Gasteiger partial charge >= 0.3 is 5.97 Å². The van der Waals surface area contributed by atoms with Crippen molar-refractivity contribution in [3.8, 4) is 0 Å². The van der Waals surface area contributed by atoms with Gasteiger partial charge in [0, 0.05) is 32.3 Å². The summed E-state index contributed by atoms with van der Waals surface area (Å²) in [5, 5.41) is 0. The standard InChI is InChI=1S/C22H27N3O4/c1-14-20(22(28)29-4)17(23-21(14)15(2)26)12-19(27)25-11-10-24(3)13-18(25)16-8-6-5-7-9-16/h5-9,18,23H,10-13H2,1-4H3. The number of nitrogens with zero attached hydrogens (tertiary/aromatic N) is 2. The second-order valence-corrected chi connectivity index (χ2v) is 7.48. The Morgan fingerprint density at radius 2 is 1.86 bits per heavy atom. The topological polar surface area (TPSA) is 82.7 Å². The van der Waals surface area contributed by atoms with Crippen molar-refractivity contribution in [3.05, 3.63) is 58.4 Å². The van der Waals surface area contributed by atoms with E-state index < -0.39 is 5.97 Å². The van der Waals surface area contributed by atoms with Crippen LogP contribution in [-0.2, 0) is 16.0 Å². The fraction of sp³-hybridized carbons (Fsp3) is 0.409. The van der Waals surface area contributed by atoms with Crippen molar-refractivity contribution in [2.75, 3.05) is 33.8 Å². The van der Waals surface area contributed by atoms with Gasteiger partial charge in [-0.15, -0.1) is 0 Å². The highest BCUT2D eigenvalue weighted by molar-refractivity contribution is 6.01. The molecule has 7 nitrogen and oxygen atoms in total. The number of carbonyl (C=O) groups excluding carboxylic acids is 3. The van der Waals surface area contributed by atoms with Gasteiger partial charge in [0.2, 0.25) is 5.91 Å². The smallest absolute Gasteiger partial charge is 0.339 e. The number of aromatic amines is 1. The van der Waals surface area contributed by atoms with Crippen molar-refractivity contribution in [3.63, 3.8) is 0 Å². The molecule has 1 aromatic carbocycles. The average Bonchev–Trinajstić information content (AvgIpc) is 3.04. The molecule has 29 heavy (non-hydrogen) atoms. The molecule has 0 bridgehead atoms. The van der Waals surface area contributed by atoms with Crippen LogP contribution in [0.5, 0.6) is 0 Å². The fourth-order valence-electron chi connectivity index (χ4n) is 3.95. The van der Waals surface area contributed by atoms with Crippen molar-refractivity contribution >= 4 is 17.7 Å². The van der Waals surface area contributed by atoms with Crippen molar-refractivity contribution in [2.45, 2.75) is 26.3 Å². The zero-order valence-corrected chi connectivity index (χ0v) is 17.3. The van der Waals surface area contributed by atoms with E-state index in [2.05, 4.69) is 9.88 Å². The second kappa shape index (κ2) is 8.61. The number of piperazine rings is 1. The number of esters is 1. The van der Waals surface area contributed by atoms with Gasteiger partial charge in [-0.3, -0.25) is 9.59 Å². The maximum Gasteiger partial charge on any atom is 0.339 e. The molecule has 1 atom stereocenters. The van der Waals surface area contributed by atoms with Crippen molar-refractivity contribution < 1.29 is 19.1 Å². The van der Waals surface area contributed by atoms with Crippen LogP contribution in [0, 0.1) is 6.92 Å². The first-order chi connectivity index (χ1) is 13.8. The molecule has 1 aliphatic heterocycles. The fourth-order valence-corrected chi connectivity index (χ4v) is 3.95. The number of rotatable bonds is 5. The molecule has 1 aromatic heterocycles. The molecule has 1 aliphatic rings. The molecule has 1 unspecified atom stereocenters. The van der Waals surface area contributed by atoms with Gasteiger partial charge in [-0.2, -0.15) is 0 Å². The minimum atomic E-state index is -0.549. The molecule has 1 N–H and O–H groups in total. The minimum Gasteiger partial charge on any atom is -0.465 e. The summed E-state index contributed by atoms with van der Waals surface area (Å²) in [5.41, 5.74) is 2.63. The molecular formula is C22H27N3O4. The van der Waals surface area contributed by atoms with E-state index in [1.165, 1.54) is 14.0 Å². The summed E-state index contributed by atoms with van der Waals surface area (Å²) >= 11 is 0. The van der Waals surface area contributed by atoms with Crippen LogP contribution in [0.15, 0.2) is 30.3 Å². The molecule has 0 radical (unpaired) electrons. The summed E-state index contributed by atoms with van der Waals surface area (Å²) in [6.07, 6.45) is 0.00556. The molecule has 1 saturated heterocycles. The van der Waals surface area contributed by atoms with Gasteiger partial charge in [-0.25, -0.2) is 4.79 Å². The molecule has 2 heterocycles. The van der Waals surface area contributed by atoms with Gasteiger partial charge in [0.15, 0.2) is 5.78 Å². The molecular weight excluding hydrogens is 370 g/mol. The summed E-state index contributed by atoms with van der Waals surface area (Å²) in [5.74, 6) is -0.825. The first-order valence-corrected chi connectivity index (χ1v) is 9.67. The number of benzene rings is 1. The highest BCUT2D eigenvalue weighted by Crippen LogP contribution is 2.27. The highest BCUT2D eigenvalue weighted by atomic mass is 16.5.